The molecule has 1 saturated carbocycles. The summed E-state index contributed by atoms with van der Waals surface area (Å²) in [6, 6.07) is 0. The molecule has 7 heavy (non-hydrogen) atoms. The summed E-state index contributed by atoms with van der Waals surface area (Å²) in [6.45, 7) is 4.55. The van der Waals surface area contributed by atoms with Gasteiger partial charge in [0.1, 0.15) is 0 Å². The number of halogens is 1. The number of hydrogen-bond acceptors (Lipinski definition) is 0. The van der Waals surface area contributed by atoms with E-state index in [9.17, 15) is 0 Å². The van der Waals surface area contributed by atoms with Crippen molar-refractivity contribution >= 4 is 15.9 Å². The van der Waals surface area contributed by atoms with Crippen LogP contribution in [0.1, 0.15) is 26.7 Å². The first-order valence-corrected chi connectivity index (χ1v) is 3.61. The average Bonchev–Trinajstić information content (AvgIpc) is 1.63. The van der Waals surface area contributed by atoms with Gasteiger partial charge in [-0.05, 0) is 25.7 Å². The third-order valence-electron chi connectivity index (χ3n) is 2.09. The monoisotopic (exact) mass is 162 g/mol. The average molecular weight is 163 g/mol. The van der Waals surface area contributed by atoms with E-state index >= 15 is 0 Å². The second-order valence-corrected chi connectivity index (χ2v) is 4.53. The van der Waals surface area contributed by atoms with Crippen LogP contribution in [0.2, 0.25) is 0 Å². The first kappa shape index (κ1) is 5.61. The van der Waals surface area contributed by atoms with Gasteiger partial charge in [0.25, 0.3) is 0 Å². The van der Waals surface area contributed by atoms with Crippen LogP contribution in [-0.4, -0.2) is 4.32 Å². The van der Waals surface area contributed by atoms with Gasteiger partial charge in [-0.25, -0.2) is 0 Å². The van der Waals surface area contributed by atoms with Crippen molar-refractivity contribution in [3.63, 3.8) is 0 Å². The Morgan fingerprint density at radius 1 is 1.71 bits per heavy atom. The number of alkyl halides is 1. The van der Waals surface area contributed by atoms with Crippen LogP contribution in [0.5, 0.6) is 0 Å². The minimum absolute atomic E-state index is 0.493. The second kappa shape index (κ2) is 1.48. The fourth-order valence-electron chi connectivity index (χ4n) is 0.831. The fourth-order valence-corrected chi connectivity index (χ4v) is 1.29. The van der Waals surface area contributed by atoms with Crippen molar-refractivity contribution in [3.05, 3.63) is 0 Å². The van der Waals surface area contributed by atoms with Crippen molar-refractivity contribution in [1.82, 2.24) is 0 Å². The van der Waals surface area contributed by atoms with Crippen LogP contribution in [0.15, 0.2) is 0 Å². The Bertz CT molecular complexity index is 76.2. The van der Waals surface area contributed by atoms with E-state index in [1.54, 1.807) is 0 Å². The summed E-state index contributed by atoms with van der Waals surface area (Å²) in [5.41, 5.74) is 0. The standard InChI is InChI=1S/C6H11Br/c1-5-3-4-6(5,2)7/h5H,3-4H2,1-2H3. The SMILES string of the molecule is CC1CCC1(C)Br. The maximum absolute atomic E-state index is 3.63. The molecule has 1 aliphatic rings. The van der Waals surface area contributed by atoms with E-state index in [0.717, 1.165) is 5.92 Å². The highest BCUT2D eigenvalue weighted by Gasteiger charge is 2.36. The Balaban J connectivity index is 2.43. The first-order chi connectivity index (χ1) is 3.13. The lowest BCUT2D eigenvalue weighted by Crippen LogP contribution is -2.35. The molecule has 0 N–H and O–H groups in total. The maximum atomic E-state index is 3.63. The molecule has 0 aromatic rings. The number of rotatable bonds is 0. The normalized spacial score (nSPS) is 51.0. The Labute approximate surface area is 53.4 Å². The van der Waals surface area contributed by atoms with Crippen molar-refractivity contribution in [2.24, 2.45) is 5.92 Å². The zero-order valence-corrected chi connectivity index (χ0v) is 6.46. The molecule has 0 radical (unpaired) electrons. The molecule has 0 nitrogen and oxygen atoms in total. The van der Waals surface area contributed by atoms with Gasteiger partial charge in [-0.3, -0.25) is 0 Å². The highest BCUT2D eigenvalue weighted by molar-refractivity contribution is 9.10. The second-order valence-electron chi connectivity index (χ2n) is 2.72. The van der Waals surface area contributed by atoms with E-state index in [0.29, 0.717) is 4.32 Å². The molecule has 1 aliphatic carbocycles. The smallest absolute Gasteiger partial charge is 0.0255 e. The van der Waals surface area contributed by atoms with Crippen LogP contribution in [0, 0.1) is 5.92 Å². The molecule has 1 heteroatoms. The van der Waals surface area contributed by atoms with E-state index in [-0.39, 0.29) is 0 Å². The van der Waals surface area contributed by atoms with Gasteiger partial charge >= 0.3 is 0 Å². The molecule has 0 aliphatic heterocycles. The van der Waals surface area contributed by atoms with E-state index in [1.165, 1.54) is 12.8 Å². The quantitative estimate of drug-likeness (QED) is 0.481. The van der Waals surface area contributed by atoms with Crippen molar-refractivity contribution in [3.8, 4) is 0 Å². The summed E-state index contributed by atoms with van der Waals surface area (Å²) in [5, 5.41) is 0. The highest BCUT2D eigenvalue weighted by Crippen LogP contribution is 2.44. The molecule has 0 aromatic carbocycles. The van der Waals surface area contributed by atoms with Crippen LogP contribution in [0.4, 0.5) is 0 Å². The largest absolute Gasteiger partial charge is 0.0853 e. The lowest BCUT2D eigenvalue weighted by molar-refractivity contribution is 0.267. The summed E-state index contributed by atoms with van der Waals surface area (Å²) in [5.74, 6) is 0.896. The van der Waals surface area contributed by atoms with Crippen molar-refractivity contribution < 1.29 is 0 Å². The molecule has 1 rings (SSSR count). The van der Waals surface area contributed by atoms with Gasteiger partial charge < -0.3 is 0 Å². The minimum Gasteiger partial charge on any atom is -0.0853 e. The topological polar surface area (TPSA) is 0 Å². The molecule has 0 saturated heterocycles. The molecule has 42 valence electrons. The lowest BCUT2D eigenvalue weighted by atomic mass is 9.76. The minimum atomic E-state index is 0.493. The summed E-state index contributed by atoms with van der Waals surface area (Å²) >= 11 is 3.63. The predicted molar refractivity (Wildman–Crippen MR) is 35.7 cm³/mol. The highest BCUT2D eigenvalue weighted by atomic mass is 79.9. The number of hydrogen-bond donors (Lipinski definition) is 0. The van der Waals surface area contributed by atoms with Crippen molar-refractivity contribution in [1.29, 1.82) is 0 Å². The van der Waals surface area contributed by atoms with Crippen LogP contribution in [0.3, 0.4) is 0 Å². The summed E-state index contributed by atoms with van der Waals surface area (Å²) in [6.07, 6.45) is 2.76. The first-order valence-electron chi connectivity index (χ1n) is 2.82. The van der Waals surface area contributed by atoms with Gasteiger partial charge in [-0.2, -0.15) is 0 Å². The molecule has 2 atom stereocenters. The third kappa shape index (κ3) is 0.835. The third-order valence-corrected chi connectivity index (χ3v) is 3.27. The fraction of sp³-hybridized carbons (Fsp3) is 1.00. The zero-order chi connectivity index (χ0) is 5.49. The van der Waals surface area contributed by atoms with Gasteiger partial charge in [-0.1, -0.05) is 22.9 Å². The van der Waals surface area contributed by atoms with Crippen LogP contribution < -0.4 is 0 Å². The van der Waals surface area contributed by atoms with Crippen molar-refractivity contribution in [2.45, 2.75) is 31.0 Å². The summed E-state index contributed by atoms with van der Waals surface area (Å²) in [4.78, 5) is 0. The Morgan fingerprint density at radius 2 is 2.14 bits per heavy atom. The lowest BCUT2D eigenvalue weighted by Gasteiger charge is -2.40. The van der Waals surface area contributed by atoms with Gasteiger partial charge in [0.2, 0.25) is 0 Å². The van der Waals surface area contributed by atoms with Gasteiger partial charge in [0.05, 0.1) is 0 Å². The van der Waals surface area contributed by atoms with Gasteiger partial charge in [0.15, 0.2) is 0 Å². The maximum Gasteiger partial charge on any atom is 0.0255 e. The molecule has 0 heterocycles. The molecular weight excluding hydrogens is 152 g/mol. The van der Waals surface area contributed by atoms with Gasteiger partial charge in [0, 0.05) is 4.32 Å². The molecule has 0 spiro atoms. The molecule has 2 unspecified atom stereocenters. The van der Waals surface area contributed by atoms with Crippen LogP contribution >= 0.6 is 15.9 Å². The Kier molecular flexibility index (Phi) is 1.18. The van der Waals surface area contributed by atoms with Gasteiger partial charge in [-0.15, -0.1) is 0 Å². The molecule has 0 aromatic heterocycles. The molecule has 1 fully saturated rings. The van der Waals surface area contributed by atoms with E-state index in [4.69, 9.17) is 0 Å². The summed E-state index contributed by atoms with van der Waals surface area (Å²) < 4.78 is 0.493. The molecule has 0 bridgehead atoms. The van der Waals surface area contributed by atoms with E-state index in [1.807, 2.05) is 0 Å². The summed E-state index contributed by atoms with van der Waals surface area (Å²) in [7, 11) is 0. The van der Waals surface area contributed by atoms with Crippen LogP contribution in [0.25, 0.3) is 0 Å². The van der Waals surface area contributed by atoms with Crippen LogP contribution in [-0.2, 0) is 0 Å². The van der Waals surface area contributed by atoms with Crippen molar-refractivity contribution in [2.75, 3.05) is 0 Å². The molecular formula is C6H11Br. The molecule has 0 amide bonds. The van der Waals surface area contributed by atoms with E-state index in [2.05, 4.69) is 29.8 Å². The van der Waals surface area contributed by atoms with E-state index < -0.39 is 0 Å². The predicted octanol–water partition coefficient (Wildman–Crippen LogP) is 2.57. The Morgan fingerprint density at radius 3 is 2.14 bits per heavy atom. The Hall–Kier alpha value is 0.480. The zero-order valence-electron chi connectivity index (χ0n) is 4.87.